The van der Waals surface area contributed by atoms with Crippen molar-refractivity contribution in [1.29, 1.82) is 0 Å². The number of hydrogen-bond donors (Lipinski definition) is 1. The number of anilines is 1. The predicted octanol–water partition coefficient (Wildman–Crippen LogP) is 5.93. The number of aryl methyl sites for hydroxylation is 2. The standard InChI is InChI=1S/C22H20N4O2S3/c1-12-7-8-16(28-3)14(10-12)15-11-31-22(24-15)26-20(27)18-13(2)23-19(25-21(18)29-4)17-6-5-9-30-17/h5-11H,1-4H3,(H,24,26,27). The molecule has 6 nitrogen and oxygen atoms in total. The van der Waals surface area contributed by atoms with Crippen molar-refractivity contribution in [1.82, 2.24) is 15.0 Å². The number of nitrogens with one attached hydrogen (secondary N) is 1. The van der Waals surface area contributed by atoms with Crippen LogP contribution in [-0.2, 0) is 0 Å². The first-order chi connectivity index (χ1) is 15.0. The summed E-state index contributed by atoms with van der Waals surface area (Å²) in [4.78, 5) is 27.8. The summed E-state index contributed by atoms with van der Waals surface area (Å²) in [6.07, 6.45) is 1.91. The van der Waals surface area contributed by atoms with Gasteiger partial charge in [-0.25, -0.2) is 15.0 Å². The number of thiophene rings is 1. The van der Waals surface area contributed by atoms with Crippen molar-refractivity contribution in [2.45, 2.75) is 18.9 Å². The zero-order valence-corrected chi connectivity index (χ0v) is 19.9. The van der Waals surface area contributed by atoms with Crippen LogP contribution in [-0.4, -0.2) is 34.2 Å². The SMILES string of the molecule is COc1ccc(C)cc1-c1csc(NC(=O)c2c(C)nc(-c3cccs3)nc2SC)n1. The van der Waals surface area contributed by atoms with Crippen LogP contribution < -0.4 is 10.1 Å². The summed E-state index contributed by atoms with van der Waals surface area (Å²) < 4.78 is 5.46. The van der Waals surface area contributed by atoms with E-state index in [2.05, 4.69) is 20.3 Å². The molecule has 3 aromatic heterocycles. The van der Waals surface area contributed by atoms with Gasteiger partial charge in [-0.05, 0) is 43.7 Å². The smallest absolute Gasteiger partial charge is 0.262 e. The predicted molar refractivity (Wildman–Crippen MR) is 129 cm³/mol. The first kappa shape index (κ1) is 21.5. The third kappa shape index (κ3) is 4.48. The zero-order chi connectivity index (χ0) is 22.0. The molecule has 0 saturated carbocycles. The van der Waals surface area contributed by atoms with Crippen LogP contribution in [0.5, 0.6) is 5.75 Å². The molecule has 31 heavy (non-hydrogen) atoms. The van der Waals surface area contributed by atoms with E-state index in [0.29, 0.717) is 27.2 Å². The highest BCUT2D eigenvalue weighted by Crippen LogP contribution is 2.33. The molecule has 0 spiro atoms. The van der Waals surface area contributed by atoms with E-state index in [1.807, 2.05) is 61.2 Å². The average molecular weight is 469 g/mol. The average Bonchev–Trinajstić information content (AvgIpc) is 3.45. The number of aromatic nitrogens is 3. The highest BCUT2D eigenvalue weighted by Gasteiger charge is 2.21. The summed E-state index contributed by atoms with van der Waals surface area (Å²) in [6, 6.07) is 9.86. The van der Waals surface area contributed by atoms with E-state index < -0.39 is 0 Å². The van der Waals surface area contributed by atoms with Gasteiger partial charge in [-0.15, -0.1) is 34.4 Å². The summed E-state index contributed by atoms with van der Waals surface area (Å²) in [5.41, 5.74) is 3.86. The van der Waals surface area contributed by atoms with E-state index in [9.17, 15) is 4.79 Å². The fraction of sp³-hybridized carbons (Fsp3) is 0.182. The molecule has 0 bridgehead atoms. The Hall–Kier alpha value is -2.75. The van der Waals surface area contributed by atoms with Gasteiger partial charge in [0, 0.05) is 10.9 Å². The van der Waals surface area contributed by atoms with E-state index in [4.69, 9.17) is 4.74 Å². The number of thiazole rings is 1. The number of rotatable bonds is 6. The molecule has 4 aromatic rings. The van der Waals surface area contributed by atoms with Crippen molar-refractivity contribution in [3.05, 3.63) is 57.9 Å². The second-order valence-electron chi connectivity index (χ2n) is 6.69. The molecule has 0 radical (unpaired) electrons. The molecule has 3 heterocycles. The van der Waals surface area contributed by atoms with E-state index >= 15 is 0 Å². The fourth-order valence-corrected chi connectivity index (χ4v) is 5.09. The first-order valence-electron chi connectivity index (χ1n) is 9.38. The molecule has 0 aliphatic heterocycles. The Morgan fingerprint density at radius 2 is 1.97 bits per heavy atom. The van der Waals surface area contributed by atoms with E-state index in [0.717, 1.165) is 27.4 Å². The molecule has 0 aliphatic carbocycles. The lowest BCUT2D eigenvalue weighted by molar-refractivity contribution is 0.102. The van der Waals surface area contributed by atoms with Gasteiger partial charge in [-0.2, -0.15) is 0 Å². The van der Waals surface area contributed by atoms with E-state index in [-0.39, 0.29) is 5.91 Å². The largest absolute Gasteiger partial charge is 0.496 e. The summed E-state index contributed by atoms with van der Waals surface area (Å²) in [5.74, 6) is 1.11. The lowest BCUT2D eigenvalue weighted by atomic mass is 10.1. The molecule has 158 valence electrons. The highest BCUT2D eigenvalue weighted by molar-refractivity contribution is 7.98. The van der Waals surface area contributed by atoms with Crippen LogP contribution in [0.2, 0.25) is 0 Å². The van der Waals surface area contributed by atoms with Crippen LogP contribution in [0.3, 0.4) is 0 Å². The van der Waals surface area contributed by atoms with Gasteiger partial charge in [0.05, 0.1) is 28.9 Å². The van der Waals surface area contributed by atoms with Crippen LogP contribution in [0.15, 0.2) is 46.1 Å². The second-order valence-corrected chi connectivity index (χ2v) is 9.29. The number of carbonyl (C=O) groups is 1. The van der Waals surface area contributed by atoms with Crippen molar-refractivity contribution >= 4 is 45.5 Å². The van der Waals surface area contributed by atoms with Crippen LogP contribution in [0.25, 0.3) is 22.0 Å². The Kier molecular flexibility index (Phi) is 6.35. The minimum atomic E-state index is -0.267. The number of ether oxygens (including phenoxy) is 1. The first-order valence-corrected chi connectivity index (χ1v) is 12.4. The molecular formula is C22H20N4O2S3. The Labute approximate surface area is 192 Å². The quantitative estimate of drug-likeness (QED) is 0.279. The Morgan fingerprint density at radius 1 is 1.13 bits per heavy atom. The van der Waals surface area contributed by atoms with Crippen molar-refractivity contribution in [2.24, 2.45) is 0 Å². The molecule has 4 rings (SSSR count). The van der Waals surface area contributed by atoms with Gasteiger partial charge in [-0.3, -0.25) is 10.1 Å². The van der Waals surface area contributed by atoms with Gasteiger partial charge in [0.1, 0.15) is 10.8 Å². The summed E-state index contributed by atoms with van der Waals surface area (Å²) >= 11 is 4.37. The summed E-state index contributed by atoms with van der Waals surface area (Å²) in [7, 11) is 1.63. The fourth-order valence-electron chi connectivity index (χ4n) is 3.11. The van der Waals surface area contributed by atoms with Gasteiger partial charge in [0.15, 0.2) is 11.0 Å². The Morgan fingerprint density at radius 3 is 2.68 bits per heavy atom. The number of carbonyl (C=O) groups excluding carboxylic acids is 1. The Balaban J connectivity index is 1.62. The van der Waals surface area contributed by atoms with Crippen LogP contribution in [0.4, 0.5) is 5.13 Å². The molecule has 0 fully saturated rings. The Bertz CT molecular complexity index is 1240. The van der Waals surface area contributed by atoms with Gasteiger partial charge in [0.25, 0.3) is 5.91 Å². The minimum absolute atomic E-state index is 0.267. The topological polar surface area (TPSA) is 77.0 Å². The third-order valence-corrected chi connectivity index (χ3v) is 6.88. The lowest BCUT2D eigenvalue weighted by Crippen LogP contribution is -2.16. The summed E-state index contributed by atoms with van der Waals surface area (Å²) in [5, 5.41) is 7.95. The molecule has 9 heteroatoms. The molecule has 1 aromatic carbocycles. The van der Waals surface area contributed by atoms with Gasteiger partial charge < -0.3 is 4.74 Å². The molecule has 0 aliphatic rings. The van der Waals surface area contributed by atoms with Crippen molar-refractivity contribution in [3.63, 3.8) is 0 Å². The summed E-state index contributed by atoms with van der Waals surface area (Å²) in [6.45, 7) is 3.85. The number of thioether (sulfide) groups is 1. The molecular weight excluding hydrogens is 448 g/mol. The minimum Gasteiger partial charge on any atom is -0.496 e. The van der Waals surface area contributed by atoms with Crippen molar-refractivity contribution in [3.8, 4) is 27.7 Å². The van der Waals surface area contributed by atoms with Gasteiger partial charge in [-0.1, -0.05) is 17.7 Å². The monoisotopic (exact) mass is 468 g/mol. The highest BCUT2D eigenvalue weighted by atomic mass is 32.2. The molecule has 0 saturated heterocycles. The van der Waals surface area contributed by atoms with Crippen LogP contribution >= 0.6 is 34.4 Å². The number of benzene rings is 1. The molecule has 0 unspecified atom stereocenters. The maximum absolute atomic E-state index is 13.1. The molecule has 0 atom stereocenters. The maximum atomic E-state index is 13.1. The molecule has 1 N–H and O–H groups in total. The van der Waals surface area contributed by atoms with Gasteiger partial charge in [0.2, 0.25) is 0 Å². The number of methoxy groups -OCH3 is 1. The zero-order valence-electron chi connectivity index (χ0n) is 17.4. The molecule has 1 amide bonds. The van der Waals surface area contributed by atoms with Crippen LogP contribution in [0, 0.1) is 13.8 Å². The maximum Gasteiger partial charge on any atom is 0.262 e. The third-order valence-electron chi connectivity index (χ3n) is 4.57. The normalized spacial score (nSPS) is 10.8. The van der Waals surface area contributed by atoms with E-state index in [1.54, 1.807) is 18.4 Å². The van der Waals surface area contributed by atoms with Crippen LogP contribution in [0.1, 0.15) is 21.6 Å². The van der Waals surface area contributed by atoms with Crippen molar-refractivity contribution in [2.75, 3.05) is 18.7 Å². The number of hydrogen-bond acceptors (Lipinski definition) is 8. The van der Waals surface area contributed by atoms with E-state index in [1.165, 1.54) is 23.1 Å². The number of amides is 1. The lowest BCUT2D eigenvalue weighted by Gasteiger charge is -2.11. The number of nitrogens with zero attached hydrogens (tertiary/aromatic N) is 3. The van der Waals surface area contributed by atoms with Crippen molar-refractivity contribution < 1.29 is 9.53 Å². The van der Waals surface area contributed by atoms with Gasteiger partial charge >= 0.3 is 0 Å². The second kappa shape index (κ2) is 9.17.